The molecule has 0 saturated carbocycles. The van der Waals surface area contributed by atoms with Crippen molar-refractivity contribution in [1.82, 2.24) is 10.2 Å². The van der Waals surface area contributed by atoms with Crippen LogP contribution in [0.1, 0.15) is 18.5 Å². The van der Waals surface area contributed by atoms with Crippen molar-refractivity contribution in [2.75, 3.05) is 27.2 Å². The average molecular weight is 348 g/mol. The minimum absolute atomic E-state index is 0.267. The molecular formula is C13H21IN2O. The van der Waals surface area contributed by atoms with Crippen LogP contribution in [0, 0.1) is 3.57 Å². The van der Waals surface area contributed by atoms with Gasteiger partial charge in [0.05, 0.1) is 6.10 Å². The molecule has 0 aliphatic heterocycles. The van der Waals surface area contributed by atoms with Crippen LogP contribution in [0.3, 0.4) is 0 Å². The van der Waals surface area contributed by atoms with E-state index in [1.807, 2.05) is 19.0 Å². The maximum Gasteiger partial charge on any atom is 0.0791 e. The lowest BCUT2D eigenvalue weighted by Gasteiger charge is -2.20. The van der Waals surface area contributed by atoms with Crippen molar-refractivity contribution in [3.8, 4) is 0 Å². The molecule has 0 heterocycles. The predicted molar refractivity (Wildman–Crippen MR) is 80.1 cm³/mol. The summed E-state index contributed by atoms with van der Waals surface area (Å²) in [6.07, 6.45) is -0.323. The van der Waals surface area contributed by atoms with Gasteiger partial charge in [-0.15, -0.1) is 0 Å². The van der Waals surface area contributed by atoms with Crippen LogP contribution in [-0.4, -0.2) is 43.3 Å². The van der Waals surface area contributed by atoms with Gasteiger partial charge in [0.25, 0.3) is 0 Å². The van der Waals surface area contributed by atoms with Gasteiger partial charge in [0, 0.05) is 22.7 Å². The van der Waals surface area contributed by atoms with Crippen molar-refractivity contribution in [2.45, 2.75) is 19.1 Å². The van der Waals surface area contributed by atoms with Gasteiger partial charge in [-0.2, -0.15) is 0 Å². The van der Waals surface area contributed by atoms with Gasteiger partial charge in [0.15, 0.2) is 0 Å². The van der Waals surface area contributed by atoms with E-state index in [1.165, 1.54) is 9.13 Å². The maximum absolute atomic E-state index is 9.75. The van der Waals surface area contributed by atoms with Crippen molar-refractivity contribution in [1.29, 1.82) is 0 Å². The average Bonchev–Trinajstić information content (AvgIpc) is 2.26. The first-order valence-electron chi connectivity index (χ1n) is 5.80. The summed E-state index contributed by atoms with van der Waals surface area (Å²) in [5.41, 5.74) is 1.25. The number of hydrogen-bond acceptors (Lipinski definition) is 3. The van der Waals surface area contributed by atoms with Crippen molar-refractivity contribution >= 4 is 22.6 Å². The Morgan fingerprint density at radius 3 is 2.41 bits per heavy atom. The zero-order valence-electron chi connectivity index (χ0n) is 10.7. The first-order valence-corrected chi connectivity index (χ1v) is 6.88. The van der Waals surface area contributed by atoms with Crippen molar-refractivity contribution < 1.29 is 5.11 Å². The van der Waals surface area contributed by atoms with Crippen LogP contribution in [0.2, 0.25) is 0 Å². The third kappa shape index (κ3) is 5.81. The Bertz CT molecular complexity index is 327. The number of rotatable bonds is 6. The first-order chi connectivity index (χ1) is 7.99. The number of hydrogen-bond donors (Lipinski definition) is 2. The third-order valence-electron chi connectivity index (χ3n) is 2.61. The topological polar surface area (TPSA) is 35.5 Å². The summed E-state index contributed by atoms with van der Waals surface area (Å²) in [6.45, 7) is 3.42. The normalized spacial score (nSPS) is 14.9. The van der Waals surface area contributed by atoms with Crippen LogP contribution in [-0.2, 0) is 0 Å². The van der Waals surface area contributed by atoms with Gasteiger partial charge >= 0.3 is 0 Å². The van der Waals surface area contributed by atoms with E-state index in [9.17, 15) is 5.11 Å². The molecule has 1 aromatic carbocycles. The van der Waals surface area contributed by atoms with Crippen molar-refractivity contribution in [3.63, 3.8) is 0 Å². The number of likely N-dealkylation sites (N-methyl/N-ethyl adjacent to an activating group) is 1. The summed E-state index contributed by atoms with van der Waals surface area (Å²) in [5, 5.41) is 13.1. The largest absolute Gasteiger partial charge is 0.390 e. The number of nitrogens with one attached hydrogen (secondary N) is 1. The molecule has 1 aromatic rings. The Morgan fingerprint density at radius 1 is 1.29 bits per heavy atom. The molecule has 2 atom stereocenters. The molecule has 0 saturated heterocycles. The lowest BCUT2D eigenvalue weighted by molar-refractivity contribution is 0.132. The fourth-order valence-electron chi connectivity index (χ4n) is 1.67. The fraction of sp³-hybridized carbons (Fsp3) is 0.538. The number of halogens is 1. The molecule has 17 heavy (non-hydrogen) atoms. The molecule has 0 aliphatic rings. The van der Waals surface area contributed by atoms with Crippen LogP contribution >= 0.6 is 22.6 Å². The summed E-state index contributed by atoms with van der Waals surface area (Å²) in [7, 11) is 3.93. The first kappa shape index (κ1) is 14.9. The monoisotopic (exact) mass is 348 g/mol. The third-order valence-corrected chi connectivity index (χ3v) is 3.32. The second-order valence-electron chi connectivity index (χ2n) is 4.60. The van der Waals surface area contributed by atoms with E-state index >= 15 is 0 Å². The van der Waals surface area contributed by atoms with Gasteiger partial charge in [-0.1, -0.05) is 12.1 Å². The second-order valence-corrected chi connectivity index (χ2v) is 5.84. The van der Waals surface area contributed by atoms with Crippen molar-refractivity contribution in [3.05, 3.63) is 33.4 Å². The minimum atomic E-state index is -0.323. The van der Waals surface area contributed by atoms with E-state index in [0.717, 1.165) is 0 Å². The van der Waals surface area contributed by atoms with Crippen LogP contribution in [0.4, 0.5) is 0 Å². The quantitative estimate of drug-likeness (QED) is 0.771. The summed E-state index contributed by atoms with van der Waals surface area (Å²) in [6, 6.07) is 8.72. The molecule has 2 unspecified atom stereocenters. The number of aliphatic hydroxyl groups is 1. The fourth-order valence-corrected chi connectivity index (χ4v) is 2.03. The standard InChI is InChI=1S/C13H21IN2O/c1-10(11-4-6-12(14)7-5-11)15-8-13(17)9-16(2)3/h4-7,10,13,15,17H,8-9H2,1-3H3. The molecule has 4 heteroatoms. The predicted octanol–water partition coefficient (Wildman–Crippen LogP) is 1.86. The highest BCUT2D eigenvalue weighted by atomic mass is 127. The molecule has 0 aliphatic carbocycles. The van der Waals surface area contributed by atoms with E-state index in [2.05, 4.69) is 59.1 Å². The number of nitrogens with zero attached hydrogens (tertiary/aromatic N) is 1. The molecule has 0 aromatic heterocycles. The molecular weight excluding hydrogens is 327 g/mol. The zero-order chi connectivity index (χ0) is 12.8. The second kappa shape index (κ2) is 7.31. The highest BCUT2D eigenvalue weighted by Gasteiger charge is 2.09. The van der Waals surface area contributed by atoms with E-state index < -0.39 is 0 Å². The van der Waals surface area contributed by atoms with Crippen LogP contribution in [0.5, 0.6) is 0 Å². The van der Waals surface area contributed by atoms with Crippen LogP contribution in [0.15, 0.2) is 24.3 Å². The molecule has 0 amide bonds. The van der Waals surface area contributed by atoms with Gasteiger partial charge in [0.1, 0.15) is 0 Å². The zero-order valence-corrected chi connectivity index (χ0v) is 12.8. The Labute approximate surface area is 117 Å². The molecule has 1 rings (SSSR count). The lowest BCUT2D eigenvalue weighted by Crippen LogP contribution is -2.36. The number of aliphatic hydroxyl groups excluding tert-OH is 1. The Balaban J connectivity index is 2.39. The Morgan fingerprint density at radius 2 is 1.88 bits per heavy atom. The van der Waals surface area contributed by atoms with Gasteiger partial charge in [-0.25, -0.2) is 0 Å². The lowest BCUT2D eigenvalue weighted by atomic mass is 10.1. The molecule has 0 spiro atoms. The van der Waals surface area contributed by atoms with E-state index in [0.29, 0.717) is 13.1 Å². The van der Waals surface area contributed by atoms with E-state index in [-0.39, 0.29) is 12.1 Å². The Kier molecular flexibility index (Phi) is 6.40. The molecule has 2 N–H and O–H groups in total. The van der Waals surface area contributed by atoms with E-state index in [4.69, 9.17) is 0 Å². The van der Waals surface area contributed by atoms with Crippen LogP contribution in [0.25, 0.3) is 0 Å². The summed E-state index contributed by atoms with van der Waals surface area (Å²) >= 11 is 2.30. The van der Waals surface area contributed by atoms with Gasteiger partial charge in [-0.3, -0.25) is 0 Å². The summed E-state index contributed by atoms with van der Waals surface area (Å²) in [5.74, 6) is 0. The van der Waals surface area contributed by atoms with E-state index in [1.54, 1.807) is 0 Å². The van der Waals surface area contributed by atoms with Crippen LogP contribution < -0.4 is 5.32 Å². The molecule has 0 fully saturated rings. The summed E-state index contributed by atoms with van der Waals surface area (Å²) in [4.78, 5) is 1.99. The molecule has 96 valence electrons. The van der Waals surface area contributed by atoms with Gasteiger partial charge in [-0.05, 0) is 61.3 Å². The van der Waals surface area contributed by atoms with Crippen molar-refractivity contribution in [2.24, 2.45) is 0 Å². The highest BCUT2D eigenvalue weighted by molar-refractivity contribution is 14.1. The Hall–Kier alpha value is -0.170. The van der Waals surface area contributed by atoms with Gasteiger partial charge in [0.2, 0.25) is 0 Å². The summed E-state index contributed by atoms with van der Waals surface area (Å²) < 4.78 is 1.24. The van der Waals surface area contributed by atoms with Gasteiger partial charge < -0.3 is 15.3 Å². The molecule has 0 radical (unpaired) electrons. The maximum atomic E-state index is 9.75. The SMILES string of the molecule is CC(NCC(O)CN(C)C)c1ccc(I)cc1. The molecule has 3 nitrogen and oxygen atoms in total. The minimum Gasteiger partial charge on any atom is -0.390 e. The smallest absolute Gasteiger partial charge is 0.0791 e. The molecule has 0 bridgehead atoms. The number of benzene rings is 1. The highest BCUT2D eigenvalue weighted by Crippen LogP contribution is 2.14.